The van der Waals surface area contributed by atoms with E-state index < -0.39 is 0 Å². The summed E-state index contributed by atoms with van der Waals surface area (Å²) in [5.74, 6) is 1.12. The Balaban J connectivity index is 1.41. The van der Waals surface area contributed by atoms with Crippen molar-refractivity contribution in [1.29, 1.82) is 0 Å². The molecule has 0 saturated heterocycles. The number of nitrogens with zero attached hydrogens (tertiary/aromatic N) is 6. The second-order valence-corrected chi connectivity index (χ2v) is 5.53. The highest BCUT2D eigenvalue weighted by molar-refractivity contribution is 5.54. The molecule has 0 atom stereocenters. The third kappa shape index (κ3) is 3.37. The second-order valence-electron chi connectivity index (χ2n) is 5.53. The summed E-state index contributed by atoms with van der Waals surface area (Å²) in [4.78, 5) is 4.41. The lowest BCUT2D eigenvalue weighted by molar-refractivity contribution is 0.384. The van der Waals surface area contributed by atoms with Gasteiger partial charge in [-0.25, -0.2) is 4.68 Å². The van der Waals surface area contributed by atoms with Crippen LogP contribution in [0.25, 0.3) is 17.1 Å². The summed E-state index contributed by atoms with van der Waals surface area (Å²) in [5, 5.41) is 18.4. The Labute approximate surface area is 143 Å². The first-order valence-electron chi connectivity index (χ1n) is 7.75. The molecule has 0 aliphatic carbocycles. The van der Waals surface area contributed by atoms with Gasteiger partial charge >= 0.3 is 0 Å². The van der Waals surface area contributed by atoms with Gasteiger partial charge in [-0.2, -0.15) is 4.98 Å². The van der Waals surface area contributed by atoms with Crippen molar-refractivity contribution in [1.82, 2.24) is 30.3 Å². The summed E-state index contributed by atoms with van der Waals surface area (Å²) in [6.07, 6.45) is 1.55. The predicted molar refractivity (Wildman–Crippen MR) is 91.0 cm³/mol. The molecule has 0 bridgehead atoms. The predicted octanol–water partition coefficient (Wildman–Crippen LogP) is 2.63. The van der Waals surface area contributed by atoms with Crippen LogP contribution < -0.4 is 5.32 Å². The normalized spacial score (nSPS) is 10.8. The van der Waals surface area contributed by atoms with Crippen LogP contribution in [-0.4, -0.2) is 30.3 Å². The monoisotopic (exact) mass is 333 g/mol. The third-order valence-corrected chi connectivity index (χ3v) is 3.70. The molecule has 0 aliphatic heterocycles. The van der Waals surface area contributed by atoms with E-state index in [-0.39, 0.29) is 0 Å². The summed E-state index contributed by atoms with van der Waals surface area (Å²) in [6.45, 7) is 2.49. The molecule has 124 valence electrons. The number of hydrogen-bond acceptors (Lipinski definition) is 7. The van der Waals surface area contributed by atoms with E-state index in [1.807, 2.05) is 55.5 Å². The van der Waals surface area contributed by atoms with E-state index in [2.05, 4.69) is 31.0 Å². The molecule has 0 aliphatic rings. The maximum atomic E-state index is 5.30. The van der Waals surface area contributed by atoms with E-state index in [0.29, 0.717) is 18.3 Å². The second kappa shape index (κ2) is 6.52. The van der Waals surface area contributed by atoms with Crippen LogP contribution in [0.1, 0.15) is 11.5 Å². The van der Waals surface area contributed by atoms with Gasteiger partial charge in [0.2, 0.25) is 11.7 Å². The van der Waals surface area contributed by atoms with E-state index >= 15 is 0 Å². The first-order chi connectivity index (χ1) is 12.3. The SMILES string of the molecule is Cc1ccc(-c2noc(CNc3ccc(-n4cnnn4)cc3)n2)cc1. The number of hydrogen-bond donors (Lipinski definition) is 1. The molecule has 8 nitrogen and oxygen atoms in total. The number of aromatic nitrogens is 6. The van der Waals surface area contributed by atoms with E-state index in [4.69, 9.17) is 4.52 Å². The van der Waals surface area contributed by atoms with Gasteiger partial charge in [-0.05, 0) is 41.6 Å². The number of rotatable bonds is 5. The largest absolute Gasteiger partial charge is 0.376 e. The molecule has 1 N–H and O–H groups in total. The molecular weight excluding hydrogens is 318 g/mol. The molecule has 4 rings (SSSR count). The molecule has 25 heavy (non-hydrogen) atoms. The Morgan fingerprint density at radius 3 is 2.56 bits per heavy atom. The maximum Gasteiger partial charge on any atom is 0.246 e. The summed E-state index contributed by atoms with van der Waals surface area (Å²) in [7, 11) is 0. The van der Waals surface area contributed by atoms with Crippen LogP contribution in [0.3, 0.4) is 0 Å². The molecule has 2 aromatic heterocycles. The van der Waals surface area contributed by atoms with Crippen LogP contribution >= 0.6 is 0 Å². The van der Waals surface area contributed by atoms with Crippen LogP contribution in [0.4, 0.5) is 5.69 Å². The lowest BCUT2D eigenvalue weighted by Gasteiger charge is -2.04. The van der Waals surface area contributed by atoms with Gasteiger partial charge in [0.15, 0.2) is 0 Å². The molecule has 0 unspecified atom stereocenters. The molecule has 0 fully saturated rings. The molecule has 2 heterocycles. The zero-order valence-electron chi connectivity index (χ0n) is 13.5. The third-order valence-electron chi connectivity index (χ3n) is 3.70. The minimum absolute atomic E-state index is 0.448. The van der Waals surface area contributed by atoms with Crippen molar-refractivity contribution in [3.05, 3.63) is 66.3 Å². The average molecular weight is 333 g/mol. The van der Waals surface area contributed by atoms with E-state index in [9.17, 15) is 0 Å². The number of anilines is 1. The zero-order chi connectivity index (χ0) is 17.1. The summed E-state index contributed by atoms with van der Waals surface area (Å²) >= 11 is 0. The molecule has 0 radical (unpaired) electrons. The average Bonchev–Trinajstić information content (AvgIpc) is 3.33. The topological polar surface area (TPSA) is 94.6 Å². The number of aryl methyl sites for hydroxylation is 1. The van der Waals surface area contributed by atoms with Crippen LogP contribution in [0.5, 0.6) is 0 Å². The highest BCUT2D eigenvalue weighted by Gasteiger charge is 2.08. The van der Waals surface area contributed by atoms with E-state index in [0.717, 1.165) is 16.9 Å². The maximum absolute atomic E-state index is 5.30. The van der Waals surface area contributed by atoms with Gasteiger partial charge in [0.05, 0.1) is 12.2 Å². The Morgan fingerprint density at radius 1 is 1.04 bits per heavy atom. The zero-order valence-corrected chi connectivity index (χ0v) is 13.5. The van der Waals surface area contributed by atoms with Crippen molar-refractivity contribution in [2.75, 3.05) is 5.32 Å². The summed E-state index contributed by atoms with van der Waals surface area (Å²) in [6, 6.07) is 15.7. The fourth-order valence-corrected chi connectivity index (χ4v) is 2.34. The van der Waals surface area contributed by atoms with Crippen molar-refractivity contribution < 1.29 is 4.52 Å². The van der Waals surface area contributed by atoms with Crippen molar-refractivity contribution >= 4 is 5.69 Å². The van der Waals surface area contributed by atoms with E-state index in [1.165, 1.54) is 5.56 Å². The van der Waals surface area contributed by atoms with Crippen LogP contribution in [0, 0.1) is 6.92 Å². The smallest absolute Gasteiger partial charge is 0.246 e. The lowest BCUT2D eigenvalue weighted by atomic mass is 10.1. The first kappa shape index (κ1) is 15.0. The fraction of sp³-hybridized carbons (Fsp3) is 0.118. The molecule has 0 spiro atoms. The van der Waals surface area contributed by atoms with Gasteiger partial charge in [-0.3, -0.25) is 0 Å². The summed E-state index contributed by atoms with van der Waals surface area (Å²) in [5.41, 5.74) is 3.95. The molecule has 8 heteroatoms. The van der Waals surface area contributed by atoms with Crippen LogP contribution in [0.2, 0.25) is 0 Å². The first-order valence-corrected chi connectivity index (χ1v) is 7.75. The Morgan fingerprint density at radius 2 is 1.84 bits per heavy atom. The Hall–Kier alpha value is -3.55. The van der Waals surface area contributed by atoms with Gasteiger partial charge in [0, 0.05) is 11.3 Å². The van der Waals surface area contributed by atoms with Gasteiger partial charge in [0.1, 0.15) is 6.33 Å². The molecular formula is C17H15N7O. The molecule has 4 aromatic rings. The minimum Gasteiger partial charge on any atom is -0.376 e. The van der Waals surface area contributed by atoms with Crippen LogP contribution in [0.15, 0.2) is 59.4 Å². The fourth-order valence-electron chi connectivity index (χ4n) is 2.34. The highest BCUT2D eigenvalue weighted by atomic mass is 16.5. The molecule has 0 saturated carbocycles. The van der Waals surface area contributed by atoms with Gasteiger partial charge in [-0.1, -0.05) is 35.0 Å². The Kier molecular flexibility index (Phi) is 3.91. The van der Waals surface area contributed by atoms with Gasteiger partial charge < -0.3 is 9.84 Å². The summed E-state index contributed by atoms with van der Waals surface area (Å²) < 4.78 is 6.89. The van der Waals surface area contributed by atoms with Crippen molar-refractivity contribution in [3.8, 4) is 17.1 Å². The van der Waals surface area contributed by atoms with Gasteiger partial charge in [-0.15, -0.1) is 5.10 Å². The van der Waals surface area contributed by atoms with Crippen LogP contribution in [-0.2, 0) is 6.54 Å². The molecule has 0 amide bonds. The number of benzene rings is 2. The number of nitrogens with one attached hydrogen (secondary N) is 1. The Bertz CT molecular complexity index is 944. The van der Waals surface area contributed by atoms with Crippen molar-refractivity contribution in [2.45, 2.75) is 13.5 Å². The minimum atomic E-state index is 0.448. The number of tetrazole rings is 1. The molecule has 2 aromatic carbocycles. The van der Waals surface area contributed by atoms with Crippen molar-refractivity contribution in [3.63, 3.8) is 0 Å². The quantitative estimate of drug-likeness (QED) is 0.600. The highest BCUT2D eigenvalue weighted by Crippen LogP contribution is 2.17. The van der Waals surface area contributed by atoms with Gasteiger partial charge in [0.25, 0.3) is 0 Å². The standard InChI is InChI=1S/C17H15N7O/c1-12-2-4-13(5-3-12)17-20-16(25-21-17)10-18-14-6-8-15(9-7-14)24-11-19-22-23-24/h2-9,11,18H,10H2,1H3. The van der Waals surface area contributed by atoms with Crippen molar-refractivity contribution in [2.24, 2.45) is 0 Å². The van der Waals surface area contributed by atoms with E-state index in [1.54, 1.807) is 11.0 Å². The lowest BCUT2D eigenvalue weighted by Crippen LogP contribution is -2.00.